The molecule has 0 unspecified atom stereocenters. The predicted octanol–water partition coefficient (Wildman–Crippen LogP) is -0.122. The van der Waals surface area contributed by atoms with Crippen LogP contribution in [0.2, 0.25) is 0 Å². The lowest BCUT2D eigenvalue weighted by Gasteiger charge is -2.08. The van der Waals surface area contributed by atoms with Crippen molar-refractivity contribution in [2.24, 2.45) is 0 Å². The number of nitrogens with one attached hydrogen (secondary N) is 2. The highest BCUT2D eigenvalue weighted by molar-refractivity contribution is 5.84. The van der Waals surface area contributed by atoms with E-state index in [9.17, 15) is 14.4 Å². The first-order chi connectivity index (χ1) is 11.6. The molecule has 0 atom stereocenters. The summed E-state index contributed by atoms with van der Waals surface area (Å²) in [5.74, 6) is -1.01. The fourth-order valence-corrected chi connectivity index (χ4v) is 1.58. The van der Waals surface area contributed by atoms with E-state index >= 15 is 0 Å². The van der Waals surface area contributed by atoms with Crippen LogP contribution in [-0.2, 0) is 23.9 Å². The topological polar surface area (TPSA) is 103 Å². The number of hydrogen-bond acceptors (Lipinski definition) is 6. The van der Waals surface area contributed by atoms with E-state index in [0.717, 1.165) is 0 Å². The highest BCUT2D eigenvalue weighted by atomic mass is 16.5. The van der Waals surface area contributed by atoms with Crippen molar-refractivity contribution < 1.29 is 28.6 Å². The summed E-state index contributed by atoms with van der Waals surface area (Å²) in [5.41, 5.74) is 0. The largest absolute Gasteiger partial charge is 0.484 e. The summed E-state index contributed by atoms with van der Waals surface area (Å²) in [6, 6.07) is 8.83. The zero-order chi connectivity index (χ0) is 17.6. The average Bonchev–Trinajstić information content (AvgIpc) is 2.61. The SMILES string of the molecule is COCCCNC(=O)COC(=O)CNC(=O)COc1ccccc1. The van der Waals surface area contributed by atoms with E-state index in [-0.39, 0.29) is 19.8 Å². The number of amides is 2. The highest BCUT2D eigenvalue weighted by Gasteiger charge is 2.09. The molecule has 0 aliphatic rings. The van der Waals surface area contributed by atoms with Crippen molar-refractivity contribution in [2.45, 2.75) is 6.42 Å². The van der Waals surface area contributed by atoms with Crippen LogP contribution >= 0.6 is 0 Å². The minimum absolute atomic E-state index is 0.211. The minimum Gasteiger partial charge on any atom is -0.484 e. The number of ether oxygens (including phenoxy) is 3. The smallest absolute Gasteiger partial charge is 0.325 e. The number of methoxy groups -OCH3 is 1. The van der Waals surface area contributed by atoms with Crippen molar-refractivity contribution in [2.75, 3.05) is 40.0 Å². The van der Waals surface area contributed by atoms with Gasteiger partial charge in [0.15, 0.2) is 13.2 Å². The van der Waals surface area contributed by atoms with Crippen LogP contribution in [0.25, 0.3) is 0 Å². The van der Waals surface area contributed by atoms with E-state index in [0.29, 0.717) is 25.3 Å². The van der Waals surface area contributed by atoms with Gasteiger partial charge in [-0.1, -0.05) is 18.2 Å². The molecule has 2 N–H and O–H groups in total. The molecule has 8 nitrogen and oxygen atoms in total. The molecular formula is C16H22N2O6. The molecule has 1 rings (SSSR count). The number of rotatable bonds is 11. The second kappa shape index (κ2) is 11.9. The van der Waals surface area contributed by atoms with Gasteiger partial charge in [-0.15, -0.1) is 0 Å². The summed E-state index contributed by atoms with van der Waals surface area (Å²) < 4.78 is 14.8. The lowest BCUT2D eigenvalue weighted by Crippen LogP contribution is -2.36. The molecule has 0 radical (unpaired) electrons. The van der Waals surface area contributed by atoms with Crippen molar-refractivity contribution in [1.29, 1.82) is 0 Å². The monoisotopic (exact) mass is 338 g/mol. The van der Waals surface area contributed by atoms with Gasteiger partial charge in [-0.05, 0) is 18.6 Å². The van der Waals surface area contributed by atoms with Crippen molar-refractivity contribution in [3.8, 4) is 5.75 Å². The number of carbonyl (C=O) groups is 3. The van der Waals surface area contributed by atoms with E-state index in [1.54, 1.807) is 31.4 Å². The first-order valence-electron chi connectivity index (χ1n) is 7.47. The molecule has 0 spiro atoms. The second-order valence-corrected chi connectivity index (χ2v) is 4.74. The number of benzene rings is 1. The number of carbonyl (C=O) groups excluding carboxylic acids is 3. The second-order valence-electron chi connectivity index (χ2n) is 4.74. The first-order valence-corrected chi connectivity index (χ1v) is 7.47. The Labute approximate surface area is 140 Å². The van der Waals surface area contributed by atoms with Gasteiger partial charge in [0.1, 0.15) is 12.3 Å². The van der Waals surface area contributed by atoms with Crippen molar-refractivity contribution in [1.82, 2.24) is 10.6 Å². The van der Waals surface area contributed by atoms with Gasteiger partial charge in [0, 0.05) is 20.3 Å². The number of esters is 1. The predicted molar refractivity (Wildman–Crippen MR) is 85.4 cm³/mol. The Morgan fingerprint density at radius 2 is 1.71 bits per heavy atom. The molecule has 0 aliphatic heterocycles. The van der Waals surface area contributed by atoms with Crippen LogP contribution in [0.15, 0.2) is 30.3 Å². The normalized spacial score (nSPS) is 9.88. The Kier molecular flexibility index (Phi) is 9.63. The third-order valence-corrected chi connectivity index (χ3v) is 2.75. The Bertz CT molecular complexity index is 521. The first kappa shape index (κ1) is 19.4. The van der Waals surface area contributed by atoms with Crippen molar-refractivity contribution in [3.63, 3.8) is 0 Å². The molecule has 0 bridgehead atoms. The van der Waals surface area contributed by atoms with E-state index in [4.69, 9.17) is 14.2 Å². The van der Waals surface area contributed by atoms with E-state index in [1.807, 2.05) is 6.07 Å². The molecule has 0 fully saturated rings. The quantitative estimate of drug-likeness (QED) is 0.431. The third-order valence-electron chi connectivity index (χ3n) is 2.75. The molecule has 0 heterocycles. The zero-order valence-electron chi connectivity index (χ0n) is 13.6. The summed E-state index contributed by atoms with van der Waals surface area (Å²) in [7, 11) is 1.57. The van der Waals surface area contributed by atoms with Crippen molar-refractivity contribution >= 4 is 17.8 Å². The number of para-hydroxylation sites is 1. The number of hydrogen-bond donors (Lipinski definition) is 2. The van der Waals surface area contributed by atoms with Gasteiger partial charge in [0.05, 0.1) is 0 Å². The molecule has 8 heteroatoms. The summed E-state index contributed by atoms with van der Waals surface area (Å²) in [6.45, 7) is 0.0579. The molecule has 0 aromatic heterocycles. The fraction of sp³-hybridized carbons (Fsp3) is 0.438. The molecule has 0 saturated carbocycles. The molecule has 2 amide bonds. The average molecular weight is 338 g/mol. The van der Waals surface area contributed by atoms with Crippen LogP contribution in [-0.4, -0.2) is 57.8 Å². The molecule has 0 aliphatic carbocycles. The van der Waals surface area contributed by atoms with Gasteiger partial charge < -0.3 is 24.8 Å². The third kappa shape index (κ3) is 9.42. The summed E-state index contributed by atoms with van der Waals surface area (Å²) in [6.07, 6.45) is 0.674. The molecule has 24 heavy (non-hydrogen) atoms. The summed E-state index contributed by atoms with van der Waals surface area (Å²) >= 11 is 0. The molecule has 0 saturated heterocycles. The maximum atomic E-state index is 11.5. The van der Waals surface area contributed by atoms with Crippen LogP contribution in [0, 0.1) is 0 Å². The molecular weight excluding hydrogens is 316 g/mol. The van der Waals surface area contributed by atoms with Gasteiger partial charge >= 0.3 is 5.97 Å². The van der Waals surface area contributed by atoms with Crippen LogP contribution < -0.4 is 15.4 Å². The minimum atomic E-state index is -0.699. The van der Waals surface area contributed by atoms with E-state index in [2.05, 4.69) is 10.6 Å². The van der Waals surface area contributed by atoms with Gasteiger partial charge in [0.2, 0.25) is 0 Å². The van der Waals surface area contributed by atoms with Gasteiger partial charge in [-0.25, -0.2) is 0 Å². The van der Waals surface area contributed by atoms with E-state index in [1.165, 1.54) is 0 Å². The fourth-order valence-electron chi connectivity index (χ4n) is 1.58. The van der Waals surface area contributed by atoms with Gasteiger partial charge in [-0.2, -0.15) is 0 Å². The summed E-state index contributed by atoms with van der Waals surface area (Å²) in [5, 5.41) is 4.92. The highest BCUT2D eigenvalue weighted by Crippen LogP contribution is 2.07. The lowest BCUT2D eigenvalue weighted by molar-refractivity contribution is -0.148. The maximum Gasteiger partial charge on any atom is 0.325 e. The summed E-state index contributed by atoms with van der Waals surface area (Å²) in [4.78, 5) is 34.3. The zero-order valence-corrected chi connectivity index (χ0v) is 13.6. The van der Waals surface area contributed by atoms with Crippen LogP contribution in [0.5, 0.6) is 5.75 Å². The Morgan fingerprint density at radius 3 is 2.42 bits per heavy atom. The lowest BCUT2D eigenvalue weighted by atomic mass is 10.3. The van der Waals surface area contributed by atoms with Gasteiger partial charge in [-0.3, -0.25) is 14.4 Å². The van der Waals surface area contributed by atoms with Gasteiger partial charge in [0.25, 0.3) is 11.8 Å². The molecule has 1 aromatic carbocycles. The van der Waals surface area contributed by atoms with Crippen molar-refractivity contribution in [3.05, 3.63) is 30.3 Å². The van der Waals surface area contributed by atoms with E-state index < -0.39 is 17.8 Å². The van der Waals surface area contributed by atoms with Crippen LogP contribution in [0.1, 0.15) is 6.42 Å². The Morgan fingerprint density at radius 1 is 1.00 bits per heavy atom. The van der Waals surface area contributed by atoms with Crippen LogP contribution in [0.3, 0.4) is 0 Å². The Hall–Kier alpha value is -2.61. The molecule has 132 valence electrons. The molecule has 1 aromatic rings. The van der Waals surface area contributed by atoms with Crippen LogP contribution in [0.4, 0.5) is 0 Å². The maximum absolute atomic E-state index is 11.5. The Balaban J connectivity index is 2.08. The standard InChI is InChI=1S/C16H22N2O6/c1-22-9-5-8-17-14(19)12-24-16(21)10-18-15(20)11-23-13-6-3-2-4-7-13/h2-4,6-7H,5,8-12H2,1H3,(H,17,19)(H,18,20).